The molecule has 0 unspecified atom stereocenters. The zero-order valence-electron chi connectivity index (χ0n) is 11.8. The van der Waals surface area contributed by atoms with E-state index in [1.54, 1.807) is 19.4 Å². The van der Waals surface area contributed by atoms with Crippen molar-refractivity contribution in [2.45, 2.75) is 0 Å². The minimum absolute atomic E-state index is 0.385. The predicted octanol–water partition coefficient (Wildman–Crippen LogP) is 4.21. The van der Waals surface area contributed by atoms with Gasteiger partial charge in [-0.25, -0.2) is 4.79 Å². The zero-order chi connectivity index (χ0) is 15.1. The van der Waals surface area contributed by atoms with Crippen LogP contribution in [0.3, 0.4) is 0 Å². The zero-order valence-corrected chi connectivity index (χ0v) is 11.8. The van der Waals surface area contributed by atoms with Crippen LogP contribution < -0.4 is 10.4 Å². The van der Waals surface area contributed by atoms with Gasteiger partial charge in [0, 0.05) is 22.9 Å². The Morgan fingerprint density at radius 1 is 0.955 bits per heavy atom. The molecule has 4 rings (SSSR count). The van der Waals surface area contributed by atoms with Crippen LogP contribution in [0.1, 0.15) is 0 Å². The van der Waals surface area contributed by atoms with Crippen molar-refractivity contribution in [3.8, 4) is 16.9 Å². The van der Waals surface area contributed by atoms with E-state index < -0.39 is 0 Å². The minimum atomic E-state index is -0.385. The average molecular weight is 292 g/mol. The van der Waals surface area contributed by atoms with Crippen LogP contribution in [0.5, 0.6) is 5.75 Å². The highest BCUT2D eigenvalue weighted by Crippen LogP contribution is 2.31. The van der Waals surface area contributed by atoms with Crippen molar-refractivity contribution in [3.05, 3.63) is 65.2 Å². The molecule has 2 heterocycles. The second-order valence-corrected chi connectivity index (χ2v) is 5.01. The average Bonchev–Trinajstić information content (AvgIpc) is 2.99. The molecule has 0 saturated carbocycles. The maximum Gasteiger partial charge on any atom is 0.336 e. The highest BCUT2D eigenvalue weighted by atomic mass is 16.5. The van der Waals surface area contributed by atoms with E-state index in [2.05, 4.69) is 0 Å². The molecule has 0 amide bonds. The summed E-state index contributed by atoms with van der Waals surface area (Å²) in [7, 11) is 1.62. The summed E-state index contributed by atoms with van der Waals surface area (Å²) in [5.74, 6) is 0.772. The number of hydrogen-bond acceptors (Lipinski definition) is 4. The van der Waals surface area contributed by atoms with Gasteiger partial charge in [-0.2, -0.15) is 0 Å². The van der Waals surface area contributed by atoms with Gasteiger partial charge in [-0.15, -0.1) is 0 Å². The van der Waals surface area contributed by atoms with Gasteiger partial charge in [0.25, 0.3) is 0 Å². The number of furan rings is 1. The Labute approximate surface area is 125 Å². The third kappa shape index (κ3) is 1.97. The number of benzene rings is 2. The Hall–Kier alpha value is -3.01. The molecule has 22 heavy (non-hydrogen) atoms. The molecule has 0 N–H and O–H groups in total. The number of rotatable bonds is 2. The van der Waals surface area contributed by atoms with E-state index in [-0.39, 0.29) is 5.63 Å². The summed E-state index contributed by atoms with van der Waals surface area (Å²) in [6, 6.07) is 14.7. The number of ether oxygens (including phenoxy) is 1. The second-order valence-electron chi connectivity index (χ2n) is 5.01. The standard InChI is InChI=1S/C18H12O4/c1-20-13-4-2-11(3-5-13)14-9-18(19)22-17-10-16-12(6-7-21-16)8-15(14)17/h2-10H,1H3. The molecule has 108 valence electrons. The first-order valence-electron chi connectivity index (χ1n) is 6.84. The maximum atomic E-state index is 11.9. The molecule has 0 aliphatic rings. The molecule has 4 nitrogen and oxygen atoms in total. The van der Waals surface area contributed by atoms with Gasteiger partial charge in [0.2, 0.25) is 0 Å². The molecule has 4 heteroatoms. The molecule has 0 spiro atoms. The van der Waals surface area contributed by atoms with Gasteiger partial charge < -0.3 is 13.6 Å². The fourth-order valence-electron chi connectivity index (χ4n) is 2.63. The fraction of sp³-hybridized carbons (Fsp3) is 0.0556. The second kappa shape index (κ2) is 4.77. The van der Waals surface area contributed by atoms with Gasteiger partial charge in [-0.1, -0.05) is 12.1 Å². The molecule has 0 radical (unpaired) electrons. The largest absolute Gasteiger partial charge is 0.497 e. The third-order valence-corrected chi connectivity index (χ3v) is 3.72. The van der Waals surface area contributed by atoms with Gasteiger partial charge in [0.05, 0.1) is 13.4 Å². The van der Waals surface area contributed by atoms with Gasteiger partial charge in [0.15, 0.2) is 0 Å². The first-order chi connectivity index (χ1) is 10.7. The Morgan fingerprint density at radius 2 is 1.77 bits per heavy atom. The van der Waals surface area contributed by atoms with E-state index in [0.717, 1.165) is 27.6 Å². The molecule has 0 aliphatic heterocycles. The molecular formula is C18H12O4. The van der Waals surface area contributed by atoms with Crippen molar-refractivity contribution in [2.75, 3.05) is 7.11 Å². The molecule has 0 bridgehead atoms. The van der Waals surface area contributed by atoms with Crippen LogP contribution >= 0.6 is 0 Å². The van der Waals surface area contributed by atoms with Gasteiger partial charge in [-0.05, 0) is 35.4 Å². The smallest absolute Gasteiger partial charge is 0.336 e. The summed E-state index contributed by atoms with van der Waals surface area (Å²) in [6.07, 6.45) is 1.62. The lowest BCUT2D eigenvalue weighted by Crippen LogP contribution is -1.98. The maximum absolute atomic E-state index is 11.9. The van der Waals surface area contributed by atoms with Gasteiger partial charge >= 0.3 is 5.63 Å². The van der Waals surface area contributed by atoms with E-state index in [1.165, 1.54) is 6.07 Å². The highest BCUT2D eigenvalue weighted by molar-refractivity contribution is 6.00. The van der Waals surface area contributed by atoms with Crippen LogP contribution in [0.4, 0.5) is 0 Å². The summed E-state index contributed by atoms with van der Waals surface area (Å²) in [5.41, 5.74) is 2.59. The van der Waals surface area contributed by atoms with Crippen molar-refractivity contribution in [1.29, 1.82) is 0 Å². The summed E-state index contributed by atoms with van der Waals surface area (Å²) >= 11 is 0. The molecule has 2 aromatic carbocycles. The lowest BCUT2D eigenvalue weighted by Gasteiger charge is -2.07. The Balaban J connectivity index is 2.03. The lowest BCUT2D eigenvalue weighted by atomic mass is 10.0. The van der Waals surface area contributed by atoms with Crippen molar-refractivity contribution in [1.82, 2.24) is 0 Å². The van der Waals surface area contributed by atoms with Crippen LogP contribution in [-0.2, 0) is 0 Å². The van der Waals surface area contributed by atoms with Crippen molar-refractivity contribution >= 4 is 21.9 Å². The molecule has 4 aromatic rings. The predicted molar refractivity (Wildman–Crippen MR) is 84.2 cm³/mol. The lowest BCUT2D eigenvalue weighted by molar-refractivity contribution is 0.415. The SMILES string of the molecule is COc1ccc(-c2cc(=O)oc3cc4occc4cc23)cc1. The first-order valence-corrected chi connectivity index (χ1v) is 6.84. The number of hydrogen-bond donors (Lipinski definition) is 0. The van der Waals surface area contributed by atoms with Crippen LogP contribution in [0.15, 0.2) is 68.4 Å². The Kier molecular flexibility index (Phi) is 2.76. The van der Waals surface area contributed by atoms with Crippen molar-refractivity contribution in [3.63, 3.8) is 0 Å². The van der Waals surface area contributed by atoms with E-state index in [0.29, 0.717) is 11.2 Å². The molecule has 0 atom stereocenters. The van der Waals surface area contributed by atoms with Crippen LogP contribution in [-0.4, -0.2) is 7.11 Å². The van der Waals surface area contributed by atoms with E-state index in [4.69, 9.17) is 13.6 Å². The van der Waals surface area contributed by atoms with Gasteiger partial charge in [0.1, 0.15) is 16.9 Å². The van der Waals surface area contributed by atoms with Crippen LogP contribution in [0.2, 0.25) is 0 Å². The number of methoxy groups -OCH3 is 1. The molecular weight excluding hydrogens is 280 g/mol. The number of fused-ring (bicyclic) bond motifs is 2. The van der Waals surface area contributed by atoms with Crippen molar-refractivity contribution in [2.24, 2.45) is 0 Å². The van der Waals surface area contributed by atoms with E-state index in [1.807, 2.05) is 36.4 Å². The van der Waals surface area contributed by atoms with Crippen LogP contribution in [0, 0.1) is 0 Å². The Morgan fingerprint density at radius 3 is 2.55 bits per heavy atom. The topological polar surface area (TPSA) is 52.6 Å². The monoisotopic (exact) mass is 292 g/mol. The molecule has 0 aliphatic carbocycles. The molecule has 2 aromatic heterocycles. The summed E-state index contributed by atoms with van der Waals surface area (Å²) in [6.45, 7) is 0. The van der Waals surface area contributed by atoms with E-state index in [9.17, 15) is 4.79 Å². The Bertz CT molecular complexity index is 1020. The fourth-order valence-corrected chi connectivity index (χ4v) is 2.63. The summed E-state index contributed by atoms with van der Waals surface area (Å²) in [4.78, 5) is 11.9. The highest BCUT2D eigenvalue weighted by Gasteiger charge is 2.10. The molecule has 0 saturated heterocycles. The molecule has 0 fully saturated rings. The quantitative estimate of drug-likeness (QED) is 0.519. The van der Waals surface area contributed by atoms with E-state index >= 15 is 0 Å². The normalized spacial score (nSPS) is 11.1. The summed E-state index contributed by atoms with van der Waals surface area (Å²) < 4.78 is 15.8. The van der Waals surface area contributed by atoms with Gasteiger partial charge in [-0.3, -0.25) is 0 Å². The van der Waals surface area contributed by atoms with Crippen molar-refractivity contribution < 1.29 is 13.6 Å². The first kappa shape index (κ1) is 12.7. The third-order valence-electron chi connectivity index (χ3n) is 3.72. The minimum Gasteiger partial charge on any atom is -0.497 e. The van der Waals surface area contributed by atoms with Crippen LogP contribution in [0.25, 0.3) is 33.1 Å². The summed E-state index contributed by atoms with van der Waals surface area (Å²) in [5, 5.41) is 1.84.